The lowest BCUT2D eigenvalue weighted by Crippen LogP contribution is -2.12. The van der Waals surface area contributed by atoms with Crippen molar-refractivity contribution in [3.63, 3.8) is 0 Å². The molecule has 0 bridgehead atoms. The molecule has 9 heteroatoms. The van der Waals surface area contributed by atoms with Gasteiger partial charge in [-0.25, -0.2) is 18.6 Å². The molecule has 1 aliphatic heterocycles. The quantitative estimate of drug-likeness (QED) is 0.494. The lowest BCUT2D eigenvalue weighted by Gasteiger charge is -2.16. The van der Waals surface area contributed by atoms with Gasteiger partial charge in [-0.2, -0.15) is 0 Å². The summed E-state index contributed by atoms with van der Waals surface area (Å²) >= 11 is 5.86. The molecular formula is C24H19ClF2N2O4. The molecule has 4 rings (SSSR count). The Hall–Kier alpha value is -3.52. The van der Waals surface area contributed by atoms with Crippen LogP contribution >= 0.6 is 11.6 Å². The van der Waals surface area contributed by atoms with Crippen molar-refractivity contribution >= 4 is 23.3 Å². The number of aromatic nitrogens is 1. The van der Waals surface area contributed by atoms with E-state index in [0.29, 0.717) is 22.5 Å². The Bertz CT molecular complexity index is 1290. The van der Waals surface area contributed by atoms with E-state index in [-0.39, 0.29) is 47.2 Å². The fourth-order valence-corrected chi connectivity index (χ4v) is 3.75. The van der Waals surface area contributed by atoms with Crippen LogP contribution in [-0.2, 0) is 16.1 Å². The molecule has 0 saturated carbocycles. The molecule has 3 aromatic rings. The Labute approximate surface area is 193 Å². The second-order valence-electron chi connectivity index (χ2n) is 7.64. The molecule has 33 heavy (non-hydrogen) atoms. The van der Waals surface area contributed by atoms with Crippen molar-refractivity contribution in [1.82, 2.24) is 4.98 Å². The summed E-state index contributed by atoms with van der Waals surface area (Å²) in [6.45, 7) is 3.38. The predicted molar refractivity (Wildman–Crippen MR) is 119 cm³/mol. The van der Waals surface area contributed by atoms with Crippen molar-refractivity contribution < 1.29 is 28.3 Å². The van der Waals surface area contributed by atoms with Crippen LogP contribution in [0.4, 0.5) is 8.78 Å². The zero-order chi connectivity index (χ0) is 23.7. The third kappa shape index (κ3) is 4.66. The molecule has 0 spiro atoms. The van der Waals surface area contributed by atoms with Gasteiger partial charge in [0.1, 0.15) is 23.8 Å². The first-order valence-electron chi connectivity index (χ1n) is 10.0. The van der Waals surface area contributed by atoms with E-state index in [1.165, 1.54) is 18.2 Å². The molecule has 2 heterocycles. The summed E-state index contributed by atoms with van der Waals surface area (Å²) in [7, 11) is 0. The fraction of sp³-hybridized carbons (Fsp3) is 0.208. The second-order valence-corrected chi connectivity index (χ2v) is 8.05. The van der Waals surface area contributed by atoms with E-state index < -0.39 is 17.6 Å². The molecule has 170 valence electrons. The average Bonchev–Trinajstić information content (AvgIpc) is 3.21. The number of aromatic hydroxyl groups is 1. The number of oxime groups is 1. The summed E-state index contributed by atoms with van der Waals surface area (Å²) in [5.41, 5.74) is 2.84. The molecule has 1 N–H and O–H groups in total. The Morgan fingerprint density at radius 3 is 2.70 bits per heavy atom. The summed E-state index contributed by atoms with van der Waals surface area (Å²) in [5.74, 6) is -1.86. The van der Waals surface area contributed by atoms with Crippen LogP contribution in [-0.4, -0.2) is 28.4 Å². The highest BCUT2D eigenvalue weighted by Gasteiger charge is 2.21. The average molecular weight is 473 g/mol. The fourth-order valence-electron chi connectivity index (χ4n) is 3.58. The first-order chi connectivity index (χ1) is 15.7. The number of rotatable bonds is 6. The van der Waals surface area contributed by atoms with Crippen LogP contribution in [0.2, 0.25) is 5.02 Å². The first kappa shape index (κ1) is 22.7. The van der Waals surface area contributed by atoms with E-state index in [1.54, 1.807) is 25.1 Å². The summed E-state index contributed by atoms with van der Waals surface area (Å²) in [6.07, 6.45) is 0.263. The van der Waals surface area contributed by atoms with Crippen LogP contribution in [0.25, 0.3) is 11.3 Å². The van der Waals surface area contributed by atoms with Crippen LogP contribution in [0.15, 0.2) is 41.6 Å². The number of halogens is 3. The van der Waals surface area contributed by atoms with E-state index in [2.05, 4.69) is 15.0 Å². The van der Waals surface area contributed by atoms with Gasteiger partial charge in [0.05, 0.1) is 11.4 Å². The van der Waals surface area contributed by atoms with Gasteiger partial charge >= 0.3 is 5.97 Å². The van der Waals surface area contributed by atoms with Crippen molar-refractivity contribution in [1.29, 1.82) is 0 Å². The molecule has 0 saturated heterocycles. The lowest BCUT2D eigenvalue weighted by molar-refractivity contribution is -0.140. The SMILES string of the molecule is Cc1cc(OCC2=NOC(=O)C2)c(F)c(C)c1Cc1ccc(O)c(-c2cccc(Cl)c2F)n1. The van der Waals surface area contributed by atoms with Crippen molar-refractivity contribution in [2.24, 2.45) is 5.16 Å². The molecule has 0 unspecified atom stereocenters. The Balaban J connectivity index is 1.61. The number of hydrogen-bond acceptors (Lipinski definition) is 6. The monoisotopic (exact) mass is 472 g/mol. The van der Waals surface area contributed by atoms with Gasteiger partial charge < -0.3 is 14.7 Å². The van der Waals surface area contributed by atoms with Crippen LogP contribution in [0.3, 0.4) is 0 Å². The van der Waals surface area contributed by atoms with Gasteiger partial charge in [0.2, 0.25) is 0 Å². The van der Waals surface area contributed by atoms with Gasteiger partial charge in [0.25, 0.3) is 0 Å². The number of carbonyl (C=O) groups excluding carboxylic acids is 1. The Morgan fingerprint density at radius 1 is 1.18 bits per heavy atom. The number of hydrogen-bond donors (Lipinski definition) is 1. The Kier molecular flexibility index (Phi) is 6.29. The maximum Gasteiger partial charge on any atom is 0.340 e. The molecule has 0 fully saturated rings. The predicted octanol–water partition coefficient (Wildman–Crippen LogP) is 5.28. The van der Waals surface area contributed by atoms with Gasteiger partial charge in [-0.1, -0.05) is 22.8 Å². The molecule has 0 aliphatic carbocycles. The van der Waals surface area contributed by atoms with E-state index in [9.17, 15) is 14.3 Å². The summed E-state index contributed by atoms with van der Waals surface area (Å²) in [6, 6.07) is 9.02. The molecule has 0 atom stereocenters. The van der Waals surface area contributed by atoms with Crippen molar-refractivity contribution in [3.8, 4) is 22.8 Å². The van der Waals surface area contributed by atoms with Crippen molar-refractivity contribution in [2.45, 2.75) is 26.7 Å². The van der Waals surface area contributed by atoms with Crippen LogP contribution < -0.4 is 4.74 Å². The highest BCUT2D eigenvalue weighted by atomic mass is 35.5. The van der Waals surface area contributed by atoms with Gasteiger partial charge in [0.15, 0.2) is 17.4 Å². The number of ether oxygens (including phenoxy) is 1. The molecule has 0 radical (unpaired) electrons. The smallest absolute Gasteiger partial charge is 0.340 e. The molecule has 1 aliphatic rings. The van der Waals surface area contributed by atoms with Crippen molar-refractivity contribution in [3.05, 3.63) is 75.4 Å². The molecule has 0 amide bonds. The highest BCUT2D eigenvalue weighted by Crippen LogP contribution is 2.34. The normalized spacial score (nSPS) is 13.1. The molecule has 6 nitrogen and oxygen atoms in total. The maximum absolute atomic E-state index is 15.0. The van der Waals surface area contributed by atoms with Gasteiger partial charge in [-0.15, -0.1) is 0 Å². The van der Waals surface area contributed by atoms with Gasteiger partial charge in [-0.05, 0) is 60.9 Å². The van der Waals surface area contributed by atoms with E-state index in [1.807, 2.05) is 6.92 Å². The zero-order valence-electron chi connectivity index (χ0n) is 17.8. The Morgan fingerprint density at radius 2 is 1.97 bits per heavy atom. The largest absolute Gasteiger partial charge is 0.506 e. The third-order valence-electron chi connectivity index (χ3n) is 5.34. The van der Waals surface area contributed by atoms with Crippen molar-refractivity contribution in [2.75, 3.05) is 6.61 Å². The summed E-state index contributed by atoms with van der Waals surface area (Å²) in [4.78, 5) is 20.0. The number of benzene rings is 2. The minimum absolute atomic E-state index is 0.0136. The first-order valence-corrected chi connectivity index (χ1v) is 10.4. The minimum atomic E-state index is -0.682. The summed E-state index contributed by atoms with van der Waals surface area (Å²) < 4.78 is 35.0. The molecule has 1 aromatic heterocycles. The van der Waals surface area contributed by atoms with Gasteiger partial charge in [-0.3, -0.25) is 0 Å². The number of pyridine rings is 1. The molecule has 2 aromatic carbocycles. The van der Waals surface area contributed by atoms with Gasteiger partial charge in [0, 0.05) is 17.7 Å². The van der Waals surface area contributed by atoms with E-state index in [0.717, 1.165) is 5.56 Å². The van der Waals surface area contributed by atoms with Crippen LogP contribution in [0, 0.1) is 25.5 Å². The van der Waals surface area contributed by atoms with E-state index in [4.69, 9.17) is 16.3 Å². The van der Waals surface area contributed by atoms with Crippen LogP contribution in [0.1, 0.15) is 28.8 Å². The number of aryl methyl sites for hydroxylation is 1. The number of nitrogens with zero attached hydrogens (tertiary/aromatic N) is 2. The standard InChI is InChI=1S/C24H19ClF2N2O4/c1-12-8-20(32-11-15-10-21(31)33-29-15)22(26)13(2)17(12)9-14-6-7-19(30)24(28-14)16-4-3-5-18(25)23(16)27/h3-8,30H,9-11H2,1-2H3. The highest BCUT2D eigenvalue weighted by molar-refractivity contribution is 6.31. The minimum Gasteiger partial charge on any atom is -0.506 e. The topological polar surface area (TPSA) is 81.0 Å². The maximum atomic E-state index is 15.0. The van der Waals surface area contributed by atoms with E-state index >= 15 is 4.39 Å². The lowest BCUT2D eigenvalue weighted by atomic mass is 9.97. The summed E-state index contributed by atoms with van der Waals surface area (Å²) in [5, 5.41) is 13.7. The third-order valence-corrected chi connectivity index (χ3v) is 5.63. The number of carbonyl (C=O) groups is 1. The zero-order valence-corrected chi connectivity index (χ0v) is 18.5. The molecular weight excluding hydrogens is 454 g/mol. The second kappa shape index (κ2) is 9.15. The van der Waals surface area contributed by atoms with Crippen LogP contribution in [0.5, 0.6) is 11.5 Å².